The van der Waals surface area contributed by atoms with Crippen molar-refractivity contribution in [2.75, 3.05) is 0 Å². The van der Waals surface area contributed by atoms with E-state index in [0.29, 0.717) is 0 Å². The summed E-state index contributed by atoms with van der Waals surface area (Å²) >= 11 is 0. The van der Waals surface area contributed by atoms with Crippen molar-refractivity contribution < 1.29 is 18.3 Å². The molecule has 45 heavy (non-hydrogen) atoms. The predicted molar refractivity (Wildman–Crippen MR) is 173 cm³/mol. The summed E-state index contributed by atoms with van der Waals surface area (Å²) in [4.78, 5) is 0. The van der Waals surface area contributed by atoms with E-state index in [1.54, 1.807) is 0 Å². The number of hydrogen-bond acceptors (Lipinski definition) is 2. The van der Waals surface area contributed by atoms with Crippen molar-refractivity contribution in [2.45, 2.75) is 5.66 Å². The van der Waals surface area contributed by atoms with Gasteiger partial charge in [-0.15, -0.1) is 0 Å². The molecule has 0 N–H and O–H groups in total. The van der Waals surface area contributed by atoms with Crippen LogP contribution in [-0.2, 0) is 5.66 Å². The number of imidazole rings is 1. The molecule has 206 valence electrons. The minimum atomic E-state index is -0.663. The summed E-state index contributed by atoms with van der Waals surface area (Å²) in [6.45, 7) is 0. The van der Waals surface area contributed by atoms with Crippen LogP contribution in [0, 0.1) is 0 Å². The van der Waals surface area contributed by atoms with E-state index in [0.717, 1.165) is 50.4 Å². The van der Waals surface area contributed by atoms with Gasteiger partial charge in [-0.1, -0.05) is 36.4 Å². The lowest BCUT2D eigenvalue weighted by atomic mass is 9.83. The van der Waals surface area contributed by atoms with Crippen molar-refractivity contribution in [3.05, 3.63) is 133 Å². The molecule has 1 spiro atoms. The van der Waals surface area contributed by atoms with Crippen LogP contribution in [0.25, 0.3) is 76.9 Å². The standard InChI is InChI=1S/C39H20N4O2/c1-3-9-27-21(7-1)24-13-15-31-36-37(24)43(27)33-11-5-6-16-41(33)39(36)35-30(45-31)14-12-23-25-19-26-22-8-2-4-10-29(22)44-32(26)20-28(25)40-17-18-42(39)38(40)34(23)35/h1-20H/q+2. The van der Waals surface area contributed by atoms with Crippen molar-refractivity contribution >= 4 is 71.1 Å². The zero-order valence-corrected chi connectivity index (χ0v) is 23.7. The van der Waals surface area contributed by atoms with Gasteiger partial charge in [-0.3, -0.25) is 0 Å². The van der Waals surface area contributed by atoms with Crippen LogP contribution in [0.3, 0.4) is 0 Å². The quantitative estimate of drug-likeness (QED) is 0.136. The van der Waals surface area contributed by atoms with Gasteiger partial charge in [0.25, 0.3) is 11.5 Å². The molecule has 0 saturated carbocycles. The van der Waals surface area contributed by atoms with Gasteiger partial charge in [-0.2, -0.15) is 18.1 Å². The third-order valence-corrected chi connectivity index (χ3v) is 10.7. The minimum absolute atomic E-state index is 0.663. The Labute approximate surface area is 253 Å². The summed E-state index contributed by atoms with van der Waals surface area (Å²) in [5.41, 5.74) is 8.21. The lowest BCUT2D eigenvalue weighted by Gasteiger charge is -2.36. The number of benzene rings is 5. The van der Waals surface area contributed by atoms with Crippen LogP contribution in [0.4, 0.5) is 0 Å². The lowest BCUT2D eigenvalue weighted by molar-refractivity contribution is -0.956. The Morgan fingerprint density at radius 1 is 0.578 bits per heavy atom. The first-order valence-corrected chi connectivity index (χ1v) is 15.4. The number of para-hydroxylation sites is 2. The topological polar surface area (TPSA) is 39.5 Å². The summed E-state index contributed by atoms with van der Waals surface area (Å²) < 4.78 is 23.0. The molecule has 6 heteroatoms. The van der Waals surface area contributed by atoms with E-state index in [2.05, 4.69) is 128 Å². The zero-order chi connectivity index (χ0) is 28.8. The van der Waals surface area contributed by atoms with Gasteiger partial charge in [0, 0.05) is 44.5 Å². The fourth-order valence-electron chi connectivity index (χ4n) is 9.16. The molecule has 3 aliphatic heterocycles. The number of rotatable bonds is 0. The van der Waals surface area contributed by atoms with E-state index in [9.17, 15) is 0 Å². The van der Waals surface area contributed by atoms with Crippen LogP contribution in [0.15, 0.2) is 126 Å². The highest BCUT2D eigenvalue weighted by atomic mass is 16.5. The van der Waals surface area contributed by atoms with Gasteiger partial charge in [0.05, 0.1) is 11.6 Å². The Balaban J connectivity index is 1.30. The second-order valence-corrected chi connectivity index (χ2v) is 12.6. The summed E-state index contributed by atoms with van der Waals surface area (Å²) in [7, 11) is 0. The van der Waals surface area contributed by atoms with Gasteiger partial charge in [0.15, 0.2) is 5.52 Å². The molecule has 8 heterocycles. The molecule has 0 amide bonds. The summed E-state index contributed by atoms with van der Waals surface area (Å²) in [6.07, 6.45) is 6.72. The summed E-state index contributed by atoms with van der Waals surface area (Å²) in [5.74, 6) is 2.93. The SMILES string of the molecule is c1cc[n+]2c(c1)-n1c3ccccc3c3ccc4c(c31)C21c2c(ccc3c5cc6c(cc5n5cc[n+]1c5c23)oc1ccccc16)O4. The molecule has 0 aliphatic carbocycles. The van der Waals surface area contributed by atoms with Crippen molar-refractivity contribution in [1.82, 2.24) is 8.97 Å². The van der Waals surface area contributed by atoms with Crippen LogP contribution < -0.4 is 13.9 Å². The number of ether oxygens (including phenoxy) is 1. The van der Waals surface area contributed by atoms with Crippen LogP contribution in [-0.4, -0.2) is 8.97 Å². The van der Waals surface area contributed by atoms with Crippen LogP contribution in [0.1, 0.15) is 11.1 Å². The molecule has 0 radical (unpaired) electrons. The first-order valence-electron chi connectivity index (χ1n) is 15.4. The highest BCUT2D eigenvalue weighted by Gasteiger charge is 2.64. The van der Waals surface area contributed by atoms with Gasteiger partial charge in [0.1, 0.15) is 57.2 Å². The summed E-state index contributed by atoms with van der Waals surface area (Å²) in [6, 6.07) is 37.0. The van der Waals surface area contributed by atoms with Crippen LogP contribution >= 0.6 is 0 Å². The Morgan fingerprint density at radius 2 is 1.40 bits per heavy atom. The second kappa shape index (κ2) is 6.66. The van der Waals surface area contributed by atoms with Gasteiger partial charge >= 0.3 is 5.66 Å². The van der Waals surface area contributed by atoms with E-state index in [-0.39, 0.29) is 0 Å². The predicted octanol–water partition coefficient (Wildman–Crippen LogP) is 7.85. The van der Waals surface area contributed by atoms with E-state index < -0.39 is 5.66 Å². The highest BCUT2D eigenvalue weighted by Crippen LogP contribution is 2.57. The molecular weight excluding hydrogens is 556 g/mol. The average molecular weight is 577 g/mol. The molecule has 5 aromatic heterocycles. The molecule has 3 aliphatic rings. The van der Waals surface area contributed by atoms with Crippen LogP contribution in [0.2, 0.25) is 0 Å². The smallest absolute Gasteiger partial charge is 0.318 e. The van der Waals surface area contributed by atoms with E-state index in [1.807, 2.05) is 12.1 Å². The first-order chi connectivity index (χ1) is 22.3. The number of aromatic nitrogens is 4. The Hall–Kier alpha value is -6.14. The molecule has 10 aromatic rings. The lowest BCUT2D eigenvalue weighted by Crippen LogP contribution is -2.75. The number of furan rings is 1. The molecule has 13 rings (SSSR count). The van der Waals surface area contributed by atoms with Gasteiger partial charge in [-0.25, -0.2) is 0 Å². The number of pyridine rings is 2. The molecule has 0 saturated heterocycles. The van der Waals surface area contributed by atoms with E-state index in [1.165, 1.54) is 49.1 Å². The number of nitrogens with zero attached hydrogens (tertiary/aromatic N) is 4. The van der Waals surface area contributed by atoms with Crippen molar-refractivity contribution in [1.29, 1.82) is 0 Å². The molecular formula is C39H20N4O2+2. The van der Waals surface area contributed by atoms with Gasteiger partial charge in [0.2, 0.25) is 0 Å². The number of hydrogen-bond donors (Lipinski definition) is 0. The maximum Gasteiger partial charge on any atom is 0.318 e. The van der Waals surface area contributed by atoms with E-state index in [4.69, 9.17) is 9.15 Å². The van der Waals surface area contributed by atoms with E-state index >= 15 is 0 Å². The van der Waals surface area contributed by atoms with Crippen LogP contribution in [0.5, 0.6) is 11.5 Å². The maximum absolute atomic E-state index is 6.90. The van der Waals surface area contributed by atoms with Crippen molar-refractivity contribution in [2.24, 2.45) is 0 Å². The molecule has 6 nitrogen and oxygen atoms in total. The third kappa shape index (κ3) is 2.06. The Bertz CT molecular complexity index is 3090. The maximum atomic E-state index is 6.90. The highest BCUT2D eigenvalue weighted by molar-refractivity contribution is 6.20. The van der Waals surface area contributed by atoms with Crippen molar-refractivity contribution in [3.8, 4) is 17.3 Å². The van der Waals surface area contributed by atoms with Gasteiger partial charge < -0.3 is 9.15 Å². The minimum Gasteiger partial charge on any atom is -0.456 e. The molecule has 1 atom stereocenters. The molecule has 0 fully saturated rings. The Kier molecular flexibility index (Phi) is 3.19. The van der Waals surface area contributed by atoms with Crippen molar-refractivity contribution in [3.63, 3.8) is 0 Å². The Morgan fingerprint density at radius 3 is 2.36 bits per heavy atom. The first kappa shape index (κ1) is 21.5. The third-order valence-electron chi connectivity index (χ3n) is 10.7. The zero-order valence-electron chi connectivity index (χ0n) is 23.7. The molecule has 1 unspecified atom stereocenters. The van der Waals surface area contributed by atoms with Gasteiger partial charge in [-0.05, 0) is 54.6 Å². The fraction of sp³-hybridized carbons (Fsp3) is 0.0256. The number of fused-ring (bicyclic) bond motifs is 11. The summed E-state index contributed by atoms with van der Waals surface area (Å²) in [5, 5.41) is 8.40. The second-order valence-electron chi connectivity index (χ2n) is 12.6. The normalized spacial score (nSPS) is 17.2. The largest absolute Gasteiger partial charge is 0.456 e. The monoisotopic (exact) mass is 576 g/mol. The molecule has 5 aromatic carbocycles. The average Bonchev–Trinajstić information content (AvgIpc) is 3.84. The molecule has 0 bridgehead atoms. The fourth-order valence-corrected chi connectivity index (χ4v) is 9.16.